The average molecular weight is 423 g/mol. The Kier molecular flexibility index (Phi) is 5.95. The van der Waals surface area contributed by atoms with Crippen molar-refractivity contribution in [3.05, 3.63) is 87.9 Å². The molecule has 0 radical (unpaired) electrons. The molecule has 1 aliphatic heterocycles. The Morgan fingerprint density at radius 3 is 2.53 bits per heavy atom. The van der Waals surface area contributed by atoms with Gasteiger partial charge in [0.2, 0.25) is 11.8 Å². The van der Waals surface area contributed by atoms with Crippen LogP contribution in [0.15, 0.2) is 66.0 Å². The SMILES string of the molecule is Cc1ccc(N2C(=O)CCC(C(=O)NCc3ccc(F)cc3)C2c2cccs2)cc1. The van der Waals surface area contributed by atoms with E-state index in [-0.39, 0.29) is 29.6 Å². The van der Waals surface area contributed by atoms with Gasteiger partial charge in [-0.05, 0) is 54.6 Å². The number of thiophene rings is 1. The molecular weight excluding hydrogens is 399 g/mol. The van der Waals surface area contributed by atoms with Gasteiger partial charge in [0, 0.05) is 23.5 Å². The number of carbonyl (C=O) groups excluding carboxylic acids is 2. The quantitative estimate of drug-likeness (QED) is 0.629. The first-order valence-electron chi connectivity index (χ1n) is 9.97. The Labute approximate surface area is 179 Å². The lowest BCUT2D eigenvalue weighted by atomic mass is 9.86. The largest absolute Gasteiger partial charge is 0.352 e. The highest BCUT2D eigenvalue weighted by atomic mass is 32.1. The first-order valence-corrected chi connectivity index (χ1v) is 10.8. The number of aryl methyl sites for hydroxylation is 1. The van der Waals surface area contributed by atoms with Gasteiger partial charge in [-0.15, -0.1) is 11.3 Å². The number of carbonyl (C=O) groups is 2. The highest BCUT2D eigenvalue weighted by Gasteiger charge is 2.41. The number of halogens is 1. The molecule has 2 aromatic carbocycles. The maximum atomic E-state index is 13.2. The van der Waals surface area contributed by atoms with Crippen LogP contribution in [0.4, 0.5) is 10.1 Å². The first-order chi connectivity index (χ1) is 14.5. The van der Waals surface area contributed by atoms with Crippen molar-refractivity contribution in [2.75, 3.05) is 4.90 Å². The highest BCUT2D eigenvalue weighted by molar-refractivity contribution is 7.10. The van der Waals surface area contributed by atoms with Crippen LogP contribution in [0.2, 0.25) is 0 Å². The number of hydrogen-bond donors (Lipinski definition) is 1. The molecule has 154 valence electrons. The number of piperidine rings is 1. The molecule has 1 N–H and O–H groups in total. The van der Waals surface area contributed by atoms with E-state index in [4.69, 9.17) is 0 Å². The fourth-order valence-electron chi connectivity index (χ4n) is 3.88. The molecule has 2 atom stereocenters. The number of nitrogens with zero attached hydrogens (tertiary/aromatic N) is 1. The lowest BCUT2D eigenvalue weighted by Gasteiger charge is -2.40. The van der Waals surface area contributed by atoms with Gasteiger partial charge in [0.25, 0.3) is 0 Å². The summed E-state index contributed by atoms with van der Waals surface area (Å²) in [6, 6.07) is 17.5. The third-order valence-electron chi connectivity index (χ3n) is 5.46. The molecule has 0 spiro atoms. The summed E-state index contributed by atoms with van der Waals surface area (Å²) in [7, 11) is 0. The molecule has 2 amide bonds. The Balaban J connectivity index is 1.60. The van der Waals surface area contributed by atoms with Crippen LogP contribution in [-0.4, -0.2) is 11.8 Å². The maximum Gasteiger partial charge on any atom is 0.227 e. The molecule has 4 rings (SSSR count). The second-order valence-corrected chi connectivity index (χ2v) is 8.53. The van der Waals surface area contributed by atoms with Crippen molar-refractivity contribution in [2.45, 2.75) is 32.4 Å². The number of hydrogen-bond acceptors (Lipinski definition) is 3. The molecule has 4 nitrogen and oxygen atoms in total. The zero-order valence-corrected chi connectivity index (χ0v) is 17.5. The van der Waals surface area contributed by atoms with Crippen molar-refractivity contribution in [3.8, 4) is 0 Å². The van der Waals surface area contributed by atoms with E-state index in [0.29, 0.717) is 19.4 Å². The van der Waals surface area contributed by atoms with E-state index in [2.05, 4.69) is 5.32 Å². The summed E-state index contributed by atoms with van der Waals surface area (Å²) in [6.45, 7) is 2.33. The zero-order chi connectivity index (χ0) is 21.1. The monoisotopic (exact) mass is 422 g/mol. The second kappa shape index (κ2) is 8.79. The molecule has 30 heavy (non-hydrogen) atoms. The Morgan fingerprint density at radius 1 is 1.13 bits per heavy atom. The van der Waals surface area contributed by atoms with Crippen LogP contribution < -0.4 is 10.2 Å². The molecule has 1 aromatic heterocycles. The van der Waals surface area contributed by atoms with Gasteiger partial charge in [0.1, 0.15) is 5.82 Å². The van der Waals surface area contributed by atoms with E-state index in [1.165, 1.54) is 12.1 Å². The number of rotatable bonds is 5. The van der Waals surface area contributed by atoms with E-state index in [9.17, 15) is 14.0 Å². The lowest BCUT2D eigenvalue weighted by Crippen LogP contribution is -2.48. The van der Waals surface area contributed by atoms with Gasteiger partial charge >= 0.3 is 0 Å². The fourth-order valence-corrected chi connectivity index (χ4v) is 4.76. The van der Waals surface area contributed by atoms with Gasteiger partial charge < -0.3 is 10.2 Å². The molecule has 2 heterocycles. The molecule has 1 saturated heterocycles. The van der Waals surface area contributed by atoms with E-state index in [1.54, 1.807) is 28.4 Å². The van der Waals surface area contributed by atoms with Gasteiger partial charge in [0.05, 0.1) is 12.0 Å². The van der Waals surface area contributed by atoms with Gasteiger partial charge in [-0.3, -0.25) is 9.59 Å². The lowest BCUT2D eigenvalue weighted by molar-refractivity contribution is -0.129. The van der Waals surface area contributed by atoms with Crippen LogP contribution in [0.3, 0.4) is 0 Å². The number of benzene rings is 2. The van der Waals surface area contributed by atoms with E-state index < -0.39 is 0 Å². The van der Waals surface area contributed by atoms with Crippen LogP contribution in [0.5, 0.6) is 0 Å². The third kappa shape index (κ3) is 4.28. The number of amides is 2. The molecule has 1 fully saturated rings. The minimum atomic E-state index is -0.358. The second-order valence-electron chi connectivity index (χ2n) is 7.55. The molecular formula is C24H23FN2O2S. The van der Waals surface area contributed by atoms with Crippen molar-refractivity contribution in [1.82, 2.24) is 5.32 Å². The highest BCUT2D eigenvalue weighted by Crippen LogP contribution is 2.41. The van der Waals surface area contributed by atoms with Crippen molar-refractivity contribution in [2.24, 2.45) is 5.92 Å². The minimum Gasteiger partial charge on any atom is -0.352 e. The first kappa shape index (κ1) is 20.3. The van der Waals surface area contributed by atoms with Crippen LogP contribution in [-0.2, 0) is 16.1 Å². The van der Waals surface area contributed by atoms with Crippen molar-refractivity contribution in [3.63, 3.8) is 0 Å². The van der Waals surface area contributed by atoms with Crippen LogP contribution in [0, 0.1) is 18.7 Å². The van der Waals surface area contributed by atoms with E-state index in [0.717, 1.165) is 21.7 Å². The number of anilines is 1. The number of nitrogens with one attached hydrogen (secondary N) is 1. The van der Waals surface area contributed by atoms with Crippen LogP contribution in [0.25, 0.3) is 0 Å². The summed E-state index contributed by atoms with van der Waals surface area (Å²) in [4.78, 5) is 28.9. The summed E-state index contributed by atoms with van der Waals surface area (Å²) in [5.41, 5.74) is 2.75. The topological polar surface area (TPSA) is 49.4 Å². The van der Waals surface area contributed by atoms with Gasteiger partial charge in [0.15, 0.2) is 0 Å². The summed E-state index contributed by atoms with van der Waals surface area (Å²) in [6.07, 6.45) is 0.823. The molecule has 0 bridgehead atoms. The van der Waals surface area contributed by atoms with E-state index in [1.807, 2.05) is 48.7 Å². The summed E-state index contributed by atoms with van der Waals surface area (Å²) in [5.74, 6) is -0.729. The Bertz CT molecular complexity index is 1020. The van der Waals surface area contributed by atoms with Crippen LogP contribution in [0.1, 0.15) is 34.9 Å². The molecule has 6 heteroatoms. The van der Waals surface area contributed by atoms with Crippen molar-refractivity contribution < 1.29 is 14.0 Å². The predicted octanol–water partition coefficient (Wildman–Crippen LogP) is 5.00. The minimum absolute atomic E-state index is 0.0276. The van der Waals surface area contributed by atoms with E-state index >= 15 is 0 Å². The van der Waals surface area contributed by atoms with Crippen LogP contribution >= 0.6 is 11.3 Å². The summed E-state index contributed by atoms with van der Waals surface area (Å²) < 4.78 is 13.1. The maximum absolute atomic E-state index is 13.2. The summed E-state index contributed by atoms with van der Waals surface area (Å²) in [5, 5.41) is 4.95. The molecule has 0 aliphatic carbocycles. The molecule has 0 saturated carbocycles. The zero-order valence-electron chi connectivity index (χ0n) is 16.7. The molecule has 2 unspecified atom stereocenters. The normalized spacial score (nSPS) is 19.0. The predicted molar refractivity (Wildman–Crippen MR) is 117 cm³/mol. The fraction of sp³-hybridized carbons (Fsp3) is 0.250. The Morgan fingerprint density at radius 2 is 1.87 bits per heavy atom. The summed E-state index contributed by atoms with van der Waals surface area (Å²) >= 11 is 1.55. The standard InChI is InChI=1S/C24H23FN2O2S/c1-16-4-10-19(11-5-16)27-22(28)13-12-20(23(27)21-3-2-14-30-21)24(29)26-15-17-6-8-18(25)9-7-17/h2-11,14,20,23H,12-13,15H2,1H3,(H,26,29). The van der Waals surface area contributed by atoms with Gasteiger partial charge in [-0.25, -0.2) is 4.39 Å². The van der Waals surface area contributed by atoms with Gasteiger partial charge in [-0.2, -0.15) is 0 Å². The third-order valence-corrected chi connectivity index (χ3v) is 6.40. The van der Waals surface area contributed by atoms with Crippen molar-refractivity contribution in [1.29, 1.82) is 0 Å². The molecule has 3 aromatic rings. The average Bonchev–Trinajstić information content (AvgIpc) is 3.28. The smallest absolute Gasteiger partial charge is 0.227 e. The van der Waals surface area contributed by atoms with Crippen molar-refractivity contribution >= 4 is 28.8 Å². The Hall–Kier alpha value is -2.99. The molecule has 1 aliphatic rings. The van der Waals surface area contributed by atoms with Gasteiger partial charge in [-0.1, -0.05) is 35.9 Å².